The number of nitrogens with one attached hydrogen (secondary N) is 2. The summed E-state index contributed by atoms with van der Waals surface area (Å²) in [6.45, 7) is 0. The number of aromatic nitrogens is 4. The Bertz CT molecular complexity index is 778. The molecule has 0 bridgehead atoms. The fraction of sp³-hybridized carbons (Fsp3) is 0.0833. The van der Waals surface area contributed by atoms with Gasteiger partial charge in [0.2, 0.25) is 5.95 Å². The van der Waals surface area contributed by atoms with Crippen molar-refractivity contribution < 1.29 is 13.2 Å². The van der Waals surface area contributed by atoms with Gasteiger partial charge in [-0.25, -0.2) is 0 Å². The van der Waals surface area contributed by atoms with Gasteiger partial charge >= 0.3 is 6.18 Å². The topological polar surface area (TPSA) is 92.5 Å². The number of fused-ring (bicyclic) bond motifs is 1. The highest BCUT2D eigenvalue weighted by molar-refractivity contribution is 5.88. The van der Waals surface area contributed by atoms with Gasteiger partial charge in [0, 0.05) is 5.69 Å². The number of hydrogen-bond acceptors (Lipinski definition) is 5. The zero-order valence-electron chi connectivity index (χ0n) is 10.4. The third-order valence-electron chi connectivity index (χ3n) is 2.80. The number of H-pyrrole nitrogens is 1. The molecule has 108 valence electrons. The number of nitrogens with two attached hydrogens (primary N) is 1. The minimum absolute atomic E-state index is 0.0289. The number of alkyl halides is 3. The lowest BCUT2D eigenvalue weighted by Gasteiger charge is -2.09. The third-order valence-corrected chi connectivity index (χ3v) is 2.80. The first-order valence-electron chi connectivity index (χ1n) is 5.84. The molecule has 9 heteroatoms. The van der Waals surface area contributed by atoms with E-state index in [4.69, 9.17) is 5.73 Å². The van der Waals surface area contributed by atoms with E-state index >= 15 is 0 Å². The van der Waals surface area contributed by atoms with Crippen molar-refractivity contribution in [1.82, 2.24) is 20.2 Å². The molecule has 0 radical (unpaired) electrons. The van der Waals surface area contributed by atoms with Crippen LogP contribution in [0.5, 0.6) is 0 Å². The molecule has 0 aliphatic rings. The zero-order chi connectivity index (χ0) is 15.0. The van der Waals surface area contributed by atoms with Crippen molar-refractivity contribution in [2.24, 2.45) is 0 Å². The number of nitrogen functional groups attached to an aromatic ring is 1. The van der Waals surface area contributed by atoms with Gasteiger partial charge in [-0.2, -0.15) is 28.2 Å². The Morgan fingerprint density at radius 2 is 1.81 bits per heavy atom. The maximum absolute atomic E-state index is 12.5. The number of benzene rings is 1. The van der Waals surface area contributed by atoms with Crippen molar-refractivity contribution in [3.05, 3.63) is 36.0 Å². The molecule has 21 heavy (non-hydrogen) atoms. The van der Waals surface area contributed by atoms with E-state index in [1.807, 2.05) is 0 Å². The van der Waals surface area contributed by atoms with Crippen molar-refractivity contribution in [2.45, 2.75) is 6.18 Å². The van der Waals surface area contributed by atoms with Crippen molar-refractivity contribution in [2.75, 3.05) is 11.1 Å². The molecule has 0 amide bonds. The lowest BCUT2D eigenvalue weighted by Crippen LogP contribution is -2.05. The van der Waals surface area contributed by atoms with Gasteiger partial charge in [0.15, 0.2) is 5.65 Å². The summed E-state index contributed by atoms with van der Waals surface area (Å²) in [7, 11) is 0. The minimum Gasteiger partial charge on any atom is -0.368 e. The zero-order valence-corrected chi connectivity index (χ0v) is 10.4. The predicted molar refractivity (Wildman–Crippen MR) is 70.8 cm³/mol. The van der Waals surface area contributed by atoms with E-state index in [0.717, 1.165) is 12.1 Å². The Morgan fingerprint density at radius 1 is 1.10 bits per heavy atom. The van der Waals surface area contributed by atoms with Crippen LogP contribution in [-0.4, -0.2) is 20.2 Å². The van der Waals surface area contributed by atoms with E-state index in [2.05, 4.69) is 25.5 Å². The monoisotopic (exact) mass is 294 g/mol. The average Bonchev–Trinajstić information content (AvgIpc) is 2.86. The Morgan fingerprint density at radius 3 is 2.48 bits per heavy atom. The van der Waals surface area contributed by atoms with Crippen molar-refractivity contribution >= 4 is 28.5 Å². The predicted octanol–water partition coefficient (Wildman–Crippen LogP) is 2.70. The van der Waals surface area contributed by atoms with Crippen LogP contribution in [0.2, 0.25) is 0 Å². The highest BCUT2D eigenvalue weighted by Crippen LogP contribution is 2.30. The normalized spacial score (nSPS) is 11.8. The van der Waals surface area contributed by atoms with Crippen LogP contribution in [0.3, 0.4) is 0 Å². The molecule has 6 nitrogen and oxygen atoms in total. The number of hydrogen-bond donors (Lipinski definition) is 3. The van der Waals surface area contributed by atoms with Gasteiger partial charge < -0.3 is 11.1 Å². The van der Waals surface area contributed by atoms with Gasteiger partial charge in [-0.3, -0.25) is 5.10 Å². The highest BCUT2D eigenvalue weighted by Gasteiger charge is 2.29. The second kappa shape index (κ2) is 4.62. The van der Waals surface area contributed by atoms with E-state index in [9.17, 15) is 13.2 Å². The summed E-state index contributed by atoms with van der Waals surface area (Å²) in [6.07, 6.45) is -2.86. The summed E-state index contributed by atoms with van der Waals surface area (Å²) in [6, 6.07) is 4.60. The summed E-state index contributed by atoms with van der Waals surface area (Å²) in [5, 5.41) is 9.95. The first-order valence-corrected chi connectivity index (χ1v) is 5.84. The maximum Gasteiger partial charge on any atom is 0.416 e. The standard InChI is InChI=1S/C12H9F3N6/c13-12(14,15)6-1-3-7(4-2-6)18-9-8-5-17-21-10(8)20-11(16)19-9/h1-5H,(H4,16,17,18,19,20,21). The molecule has 1 aromatic carbocycles. The second-order valence-electron chi connectivity index (χ2n) is 4.26. The maximum atomic E-state index is 12.5. The summed E-state index contributed by atoms with van der Waals surface area (Å²) < 4.78 is 37.5. The molecular formula is C12H9F3N6. The fourth-order valence-electron chi connectivity index (χ4n) is 1.83. The molecule has 0 fully saturated rings. The van der Waals surface area contributed by atoms with E-state index in [0.29, 0.717) is 22.5 Å². The Hall–Kier alpha value is -2.84. The summed E-state index contributed by atoms with van der Waals surface area (Å²) >= 11 is 0. The number of rotatable bonds is 2. The van der Waals surface area contributed by atoms with Gasteiger partial charge in [0.05, 0.1) is 17.1 Å². The molecule has 0 aliphatic carbocycles. The molecule has 0 atom stereocenters. The van der Waals surface area contributed by atoms with Crippen LogP contribution in [0.15, 0.2) is 30.5 Å². The quantitative estimate of drug-likeness (QED) is 0.675. The number of anilines is 3. The van der Waals surface area contributed by atoms with Gasteiger partial charge in [-0.1, -0.05) is 0 Å². The SMILES string of the molecule is Nc1nc(Nc2ccc(C(F)(F)F)cc2)c2cn[nH]c2n1. The number of halogens is 3. The van der Waals surface area contributed by atoms with E-state index in [1.165, 1.54) is 18.3 Å². The summed E-state index contributed by atoms with van der Waals surface area (Å²) in [5.74, 6) is 0.396. The van der Waals surface area contributed by atoms with Gasteiger partial charge in [0.1, 0.15) is 5.82 Å². The smallest absolute Gasteiger partial charge is 0.368 e. The summed E-state index contributed by atoms with van der Waals surface area (Å²) in [5.41, 5.74) is 5.73. The molecule has 0 saturated heterocycles. The molecular weight excluding hydrogens is 285 g/mol. The second-order valence-corrected chi connectivity index (χ2v) is 4.26. The van der Waals surface area contributed by atoms with Gasteiger partial charge in [0.25, 0.3) is 0 Å². The van der Waals surface area contributed by atoms with Crippen LogP contribution >= 0.6 is 0 Å². The van der Waals surface area contributed by atoms with Crippen LogP contribution in [0, 0.1) is 0 Å². The lowest BCUT2D eigenvalue weighted by atomic mass is 10.2. The van der Waals surface area contributed by atoms with Crippen LogP contribution < -0.4 is 11.1 Å². The molecule has 0 saturated carbocycles. The first-order chi connectivity index (χ1) is 9.93. The molecule has 2 aromatic heterocycles. The third kappa shape index (κ3) is 2.57. The minimum atomic E-state index is -4.37. The van der Waals surface area contributed by atoms with E-state index in [1.54, 1.807) is 0 Å². The Balaban J connectivity index is 1.93. The molecule has 0 spiro atoms. The lowest BCUT2D eigenvalue weighted by molar-refractivity contribution is -0.137. The Labute approximate surface area is 116 Å². The van der Waals surface area contributed by atoms with Crippen LogP contribution in [-0.2, 0) is 6.18 Å². The highest BCUT2D eigenvalue weighted by atomic mass is 19.4. The number of nitrogens with zero attached hydrogens (tertiary/aromatic N) is 3. The van der Waals surface area contributed by atoms with Crippen molar-refractivity contribution in [1.29, 1.82) is 0 Å². The van der Waals surface area contributed by atoms with Crippen molar-refractivity contribution in [3.8, 4) is 0 Å². The number of aromatic amines is 1. The fourth-order valence-corrected chi connectivity index (χ4v) is 1.83. The molecule has 0 aliphatic heterocycles. The van der Waals surface area contributed by atoms with Gasteiger partial charge in [-0.05, 0) is 24.3 Å². The first kappa shape index (κ1) is 13.2. The van der Waals surface area contributed by atoms with Crippen LogP contribution in [0.25, 0.3) is 11.0 Å². The average molecular weight is 294 g/mol. The Kier molecular flexibility index (Phi) is 2.89. The molecule has 2 heterocycles. The molecule has 0 unspecified atom stereocenters. The van der Waals surface area contributed by atoms with Gasteiger partial charge in [-0.15, -0.1) is 0 Å². The molecule has 3 aromatic rings. The molecule has 3 rings (SSSR count). The summed E-state index contributed by atoms with van der Waals surface area (Å²) in [4.78, 5) is 7.96. The largest absolute Gasteiger partial charge is 0.416 e. The van der Waals surface area contributed by atoms with Crippen molar-refractivity contribution in [3.63, 3.8) is 0 Å². The van der Waals surface area contributed by atoms with E-state index in [-0.39, 0.29) is 5.95 Å². The van der Waals surface area contributed by atoms with E-state index < -0.39 is 11.7 Å². The van der Waals surface area contributed by atoms with Crippen LogP contribution in [0.1, 0.15) is 5.56 Å². The van der Waals surface area contributed by atoms with Crippen LogP contribution in [0.4, 0.5) is 30.6 Å². The molecule has 4 N–H and O–H groups in total.